The first-order valence-corrected chi connectivity index (χ1v) is 7.97. The van der Waals surface area contributed by atoms with E-state index in [2.05, 4.69) is 5.32 Å². The maximum atomic E-state index is 11.9. The number of nitrogens with one attached hydrogen (secondary N) is 1. The van der Waals surface area contributed by atoms with Crippen molar-refractivity contribution < 1.29 is 4.79 Å². The molecule has 1 aliphatic heterocycles. The number of rotatable bonds is 4. The third kappa shape index (κ3) is 4.18. The van der Waals surface area contributed by atoms with Crippen LogP contribution >= 0.6 is 11.8 Å². The minimum Gasteiger partial charge on any atom is -0.356 e. The van der Waals surface area contributed by atoms with Crippen molar-refractivity contribution in [3.8, 4) is 0 Å². The molecule has 3 nitrogen and oxygen atoms in total. The van der Waals surface area contributed by atoms with Crippen molar-refractivity contribution in [2.24, 2.45) is 11.7 Å². The minimum absolute atomic E-state index is 0.160. The topological polar surface area (TPSA) is 55.1 Å². The summed E-state index contributed by atoms with van der Waals surface area (Å²) in [4.78, 5) is 11.9. The summed E-state index contributed by atoms with van der Waals surface area (Å²) in [6.07, 6.45) is 7.42. The van der Waals surface area contributed by atoms with E-state index in [1.807, 2.05) is 11.8 Å². The van der Waals surface area contributed by atoms with Crippen LogP contribution in [0, 0.1) is 5.92 Å². The molecule has 4 heteroatoms. The molecular formula is C13H24N2OS. The average molecular weight is 256 g/mol. The first-order valence-electron chi connectivity index (χ1n) is 6.81. The summed E-state index contributed by atoms with van der Waals surface area (Å²) in [5.74, 6) is 3.35. The van der Waals surface area contributed by atoms with Crippen LogP contribution in [0.4, 0.5) is 0 Å². The molecule has 0 aromatic carbocycles. The molecule has 1 amide bonds. The molecule has 1 saturated heterocycles. The van der Waals surface area contributed by atoms with Crippen molar-refractivity contribution in [2.75, 3.05) is 18.1 Å². The summed E-state index contributed by atoms with van der Waals surface area (Å²) in [6.45, 7) is 0.857. The number of thioether (sulfide) groups is 1. The second-order valence-electron chi connectivity index (χ2n) is 5.61. The Morgan fingerprint density at radius 3 is 2.59 bits per heavy atom. The molecule has 0 radical (unpaired) electrons. The van der Waals surface area contributed by atoms with E-state index >= 15 is 0 Å². The minimum atomic E-state index is -0.202. The van der Waals surface area contributed by atoms with E-state index in [-0.39, 0.29) is 11.4 Å². The Labute approximate surface area is 108 Å². The van der Waals surface area contributed by atoms with E-state index in [1.165, 1.54) is 37.2 Å². The highest BCUT2D eigenvalue weighted by molar-refractivity contribution is 7.99. The van der Waals surface area contributed by atoms with E-state index < -0.39 is 0 Å². The monoisotopic (exact) mass is 256 g/mol. The van der Waals surface area contributed by atoms with Crippen LogP contribution in [0.25, 0.3) is 0 Å². The highest BCUT2D eigenvalue weighted by atomic mass is 32.2. The first kappa shape index (κ1) is 13.2. The predicted molar refractivity (Wildman–Crippen MR) is 73.1 cm³/mol. The van der Waals surface area contributed by atoms with Crippen molar-refractivity contribution in [1.82, 2.24) is 5.32 Å². The second kappa shape index (κ2) is 6.10. The molecule has 2 aliphatic rings. The Hall–Kier alpha value is -0.220. The molecule has 1 aliphatic carbocycles. The highest BCUT2D eigenvalue weighted by Crippen LogP contribution is 2.30. The van der Waals surface area contributed by atoms with Crippen LogP contribution in [0.5, 0.6) is 0 Å². The highest BCUT2D eigenvalue weighted by Gasteiger charge is 2.31. The third-order valence-corrected chi connectivity index (χ3v) is 5.09. The van der Waals surface area contributed by atoms with Crippen molar-refractivity contribution in [3.63, 3.8) is 0 Å². The van der Waals surface area contributed by atoms with Gasteiger partial charge in [-0.3, -0.25) is 4.79 Å². The van der Waals surface area contributed by atoms with Crippen LogP contribution in [0.1, 0.15) is 44.9 Å². The van der Waals surface area contributed by atoms with Gasteiger partial charge in [0.2, 0.25) is 5.91 Å². The number of nitrogens with two attached hydrogens (primary N) is 1. The average Bonchev–Trinajstić information content (AvgIpc) is 2.74. The van der Waals surface area contributed by atoms with Gasteiger partial charge in [0.25, 0.3) is 0 Å². The molecule has 0 bridgehead atoms. The Bertz CT molecular complexity index is 258. The van der Waals surface area contributed by atoms with Gasteiger partial charge in [-0.2, -0.15) is 11.8 Å². The van der Waals surface area contributed by atoms with Gasteiger partial charge in [0.15, 0.2) is 0 Å². The largest absolute Gasteiger partial charge is 0.356 e. The number of hydrogen-bond donors (Lipinski definition) is 2. The van der Waals surface area contributed by atoms with Crippen molar-refractivity contribution in [3.05, 3.63) is 0 Å². The molecule has 0 aromatic rings. The quantitative estimate of drug-likeness (QED) is 0.808. The van der Waals surface area contributed by atoms with Gasteiger partial charge in [-0.15, -0.1) is 0 Å². The van der Waals surface area contributed by atoms with Crippen molar-refractivity contribution in [2.45, 2.75) is 50.5 Å². The molecule has 0 aromatic heterocycles. The maximum absolute atomic E-state index is 11.9. The van der Waals surface area contributed by atoms with Crippen LogP contribution in [0.15, 0.2) is 0 Å². The van der Waals surface area contributed by atoms with E-state index in [1.54, 1.807) is 0 Å². The van der Waals surface area contributed by atoms with Gasteiger partial charge in [-0.1, -0.05) is 12.8 Å². The van der Waals surface area contributed by atoms with Crippen LogP contribution in [0.3, 0.4) is 0 Å². The summed E-state index contributed by atoms with van der Waals surface area (Å²) in [5.41, 5.74) is 6.00. The lowest BCUT2D eigenvalue weighted by molar-refractivity contribution is -0.122. The Kier molecular flexibility index (Phi) is 4.74. The SMILES string of the molecule is NC1(CC(=O)NCC2CCSCC2)CCCC1. The standard InChI is InChI=1S/C13H24N2OS/c14-13(5-1-2-6-13)9-12(16)15-10-11-3-7-17-8-4-11/h11H,1-10,14H2,(H,15,16). The molecule has 0 spiro atoms. The molecule has 1 saturated carbocycles. The van der Waals surface area contributed by atoms with Crippen molar-refractivity contribution >= 4 is 17.7 Å². The molecule has 2 fully saturated rings. The fraction of sp³-hybridized carbons (Fsp3) is 0.923. The fourth-order valence-corrected chi connectivity index (χ4v) is 4.05. The Morgan fingerprint density at radius 2 is 1.94 bits per heavy atom. The number of hydrogen-bond acceptors (Lipinski definition) is 3. The van der Waals surface area contributed by atoms with E-state index in [0.29, 0.717) is 12.3 Å². The molecule has 3 N–H and O–H groups in total. The van der Waals surface area contributed by atoms with E-state index in [4.69, 9.17) is 5.73 Å². The molecule has 0 atom stereocenters. The molecular weight excluding hydrogens is 232 g/mol. The summed E-state index contributed by atoms with van der Waals surface area (Å²) >= 11 is 2.03. The Morgan fingerprint density at radius 1 is 1.29 bits per heavy atom. The van der Waals surface area contributed by atoms with E-state index in [9.17, 15) is 4.79 Å². The summed E-state index contributed by atoms with van der Waals surface area (Å²) < 4.78 is 0. The van der Waals surface area contributed by atoms with Gasteiger partial charge in [0, 0.05) is 18.5 Å². The van der Waals surface area contributed by atoms with Crippen LogP contribution < -0.4 is 11.1 Å². The second-order valence-corrected chi connectivity index (χ2v) is 6.83. The van der Waals surface area contributed by atoms with E-state index in [0.717, 1.165) is 19.4 Å². The lowest BCUT2D eigenvalue weighted by atomic mass is 9.94. The predicted octanol–water partition coefficient (Wildman–Crippen LogP) is 1.91. The summed E-state index contributed by atoms with van der Waals surface area (Å²) in [5, 5.41) is 3.08. The molecule has 1 heterocycles. The van der Waals surface area contributed by atoms with Gasteiger partial charge < -0.3 is 11.1 Å². The first-order chi connectivity index (χ1) is 8.18. The summed E-state index contributed by atoms with van der Waals surface area (Å²) in [6, 6.07) is 0. The van der Waals surface area contributed by atoms with Crippen LogP contribution in [0.2, 0.25) is 0 Å². The molecule has 2 rings (SSSR count). The van der Waals surface area contributed by atoms with Gasteiger partial charge in [-0.25, -0.2) is 0 Å². The smallest absolute Gasteiger partial charge is 0.221 e. The van der Waals surface area contributed by atoms with Gasteiger partial charge in [0.05, 0.1) is 0 Å². The zero-order valence-corrected chi connectivity index (χ0v) is 11.4. The van der Waals surface area contributed by atoms with Crippen LogP contribution in [-0.2, 0) is 4.79 Å². The lowest BCUT2D eigenvalue weighted by Gasteiger charge is -2.25. The Balaban J connectivity index is 1.66. The number of carbonyl (C=O) groups excluding carboxylic acids is 1. The van der Waals surface area contributed by atoms with Gasteiger partial charge in [-0.05, 0) is 43.1 Å². The molecule has 17 heavy (non-hydrogen) atoms. The zero-order chi connectivity index (χ0) is 12.1. The number of carbonyl (C=O) groups is 1. The van der Waals surface area contributed by atoms with Gasteiger partial charge >= 0.3 is 0 Å². The molecule has 0 unspecified atom stereocenters. The van der Waals surface area contributed by atoms with Crippen LogP contribution in [-0.4, -0.2) is 29.5 Å². The summed E-state index contributed by atoms with van der Waals surface area (Å²) in [7, 11) is 0. The fourth-order valence-electron chi connectivity index (χ4n) is 2.85. The van der Waals surface area contributed by atoms with Crippen molar-refractivity contribution in [1.29, 1.82) is 0 Å². The zero-order valence-electron chi connectivity index (χ0n) is 10.5. The molecule has 98 valence electrons. The number of amides is 1. The lowest BCUT2D eigenvalue weighted by Crippen LogP contribution is -2.43. The maximum Gasteiger partial charge on any atom is 0.221 e. The normalized spacial score (nSPS) is 24.8. The third-order valence-electron chi connectivity index (χ3n) is 4.04. The van der Waals surface area contributed by atoms with Gasteiger partial charge in [0.1, 0.15) is 0 Å².